The first-order valence-electron chi connectivity index (χ1n) is 7.76. The van der Waals surface area contributed by atoms with Crippen molar-refractivity contribution in [3.63, 3.8) is 0 Å². The lowest BCUT2D eigenvalue weighted by Crippen LogP contribution is -2.36. The van der Waals surface area contributed by atoms with Gasteiger partial charge in [0.2, 0.25) is 5.82 Å². The number of carbonyl (C=O) groups excluding carboxylic acids is 1. The Bertz CT molecular complexity index is 678. The van der Waals surface area contributed by atoms with Crippen molar-refractivity contribution in [2.45, 2.75) is 40.2 Å². The molecule has 0 saturated heterocycles. The van der Waals surface area contributed by atoms with E-state index in [2.05, 4.69) is 23.9 Å². The average Bonchev–Trinajstić information content (AvgIpc) is 2.87. The van der Waals surface area contributed by atoms with E-state index in [1.54, 1.807) is 35.7 Å². The SMILES string of the molecule is Cc1nc(C(=O)N(C)[C@@H](C)CC(C)C)nn1-c1ccc(F)cc1. The molecule has 2 aromatic rings. The molecule has 0 aliphatic rings. The first-order chi connectivity index (χ1) is 10.8. The monoisotopic (exact) mass is 318 g/mol. The maximum absolute atomic E-state index is 13.0. The Balaban J connectivity index is 2.23. The van der Waals surface area contributed by atoms with Gasteiger partial charge in [-0.05, 0) is 50.5 Å². The molecule has 0 N–H and O–H groups in total. The van der Waals surface area contributed by atoms with Crippen LogP contribution in [0.2, 0.25) is 0 Å². The van der Waals surface area contributed by atoms with Gasteiger partial charge in [0.1, 0.15) is 11.6 Å². The fourth-order valence-electron chi connectivity index (χ4n) is 2.51. The highest BCUT2D eigenvalue weighted by molar-refractivity contribution is 5.90. The summed E-state index contributed by atoms with van der Waals surface area (Å²) in [6.07, 6.45) is 0.917. The van der Waals surface area contributed by atoms with Crippen molar-refractivity contribution in [2.75, 3.05) is 7.05 Å². The summed E-state index contributed by atoms with van der Waals surface area (Å²) in [5.74, 6) is 0.730. The largest absolute Gasteiger partial charge is 0.336 e. The summed E-state index contributed by atoms with van der Waals surface area (Å²) in [6, 6.07) is 6.04. The zero-order valence-corrected chi connectivity index (χ0v) is 14.2. The third-order valence-electron chi connectivity index (χ3n) is 3.83. The number of amides is 1. The standard InChI is InChI=1S/C17H23FN4O/c1-11(2)10-12(3)21(5)17(23)16-19-13(4)22(20-16)15-8-6-14(18)7-9-15/h6-9,11-12H,10H2,1-5H3/t12-/m0/s1. The minimum Gasteiger partial charge on any atom is -0.336 e. The number of rotatable bonds is 5. The van der Waals surface area contributed by atoms with Crippen molar-refractivity contribution < 1.29 is 9.18 Å². The molecule has 0 bridgehead atoms. The van der Waals surface area contributed by atoms with Gasteiger partial charge in [-0.3, -0.25) is 4.79 Å². The van der Waals surface area contributed by atoms with Gasteiger partial charge in [0.15, 0.2) is 0 Å². The highest BCUT2D eigenvalue weighted by Crippen LogP contribution is 2.14. The van der Waals surface area contributed by atoms with E-state index < -0.39 is 0 Å². The smallest absolute Gasteiger partial charge is 0.293 e. The topological polar surface area (TPSA) is 51.0 Å². The van der Waals surface area contributed by atoms with Crippen LogP contribution in [0.5, 0.6) is 0 Å². The van der Waals surface area contributed by atoms with Crippen LogP contribution in [0.25, 0.3) is 5.69 Å². The van der Waals surface area contributed by atoms with Crippen molar-refractivity contribution in [3.05, 3.63) is 41.7 Å². The van der Waals surface area contributed by atoms with Gasteiger partial charge in [0, 0.05) is 13.1 Å². The number of aryl methyl sites for hydroxylation is 1. The third kappa shape index (κ3) is 3.94. The van der Waals surface area contributed by atoms with Gasteiger partial charge in [-0.2, -0.15) is 0 Å². The molecule has 1 atom stereocenters. The summed E-state index contributed by atoms with van der Waals surface area (Å²) < 4.78 is 14.6. The summed E-state index contributed by atoms with van der Waals surface area (Å²) >= 11 is 0. The van der Waals surface area contributed by atoms with Crippen LogP contribution < -0.4 is 0 Å². The lowest BCUT2D eigenvalue weighted by Gasteiger charge is -2.25. The molecule has 124 valence electrons. The highest BCUT2D eigenvalue weighted by atomic mass is 19.1. The fourth-order valence-corrected chi connectivity index (χ4v) is 2.51. The molecule has 0 unspecified atom stereocenters. The van der Waals surface area contributed by atoms with Gasteiger partial charge in [-0.25, -0.2) is 14.1 Å². The maximum Gasteiger partial charge on any atom is 0.293 e. The van der Waals surface area contributed by atoms with Crippen molar-refractivity contribution in [2.24, 2.45) is 5.92 Å². The zero-order valence-electron chi connectivity index (χ0n) is 14.2. The summed E-state index contributed by atoms with van der Waals surface area (Å²) in [6.45, 7) is 8.04. The molecule has 5 nitrogen and oxygen atoms in total. The minimum absolute atomic E-state index is 0.112. The molecule has 0 saturated carbocycles. The van der Waals surface area contributed by atoms with Crippen LogP contribution >= 0.6 is 0 Å². The second-order valence-corrected chi connectivity index (χ2v) is 6.27. The third-order valence-corrected chi connectivity index (χ3v) is 3.83. The van der Waals surface area contributed by atoms with Crippen molar-refractivity contribution in [1.82, 2.24) is 19.7 Å². The molecule has 0 fully saturated rings. The van der Waals surface area contributed by atoms with E-state index in [9.17, 15) is 9.18 Å². The molecule has 1 amide bonds. The highest BCUT2D eigenvalue weighted by Gasteiger charge is 2.23. The molecule has 6 heteroatoms. The number of hydrogen-bond donors (Lipinski definition) is 0. The van der Waals surface area contributed by atoms with Crippen molar-refractivity contribution in [3.8, 4) is 5.69 Å². The molecule has 0 aliphatic carbocycles. The predicted octanol–water partition coefficient (Wildman–Crippen LogP) is 3.22. The first-order valence-corrected chi connectivity index (χ1v) is 7.76. The molecule has 2 rings (SSSR count). The normalized spacial score (nSPS) is 12.5. The molecular weight excluding hydrogens is 295 g/mol. The van der Waals surface area contributed by atoms with Crippen LogP contribution in [-0.2, 0) is 0 Å². The molecule has 0 aliphatic heterocycles. The summed E-state index contributed by atoms with van der Waals surface area (Å²) in [5.41, 5.74) is 0.674. The Morgan fingerprint density at radius 2 is 1.87 bits per heavy atom. The van der Waals surface area contributed by atoms with Crippen molar-refractivity contribution in [1.29, 1.82) is 0 Å². The number of hydrogen-bond acceptors (Lipinski definition) is 3. The van der Waals surface area contributed by atoms with E-state index in [1.165, 1.54) is 12.1 Å². The van der Waals surface area contributed by atoms with Crippen LogP contribution in [0.1, 0.15) is 43.6 Å². The molecule has 1 aromatic carbocycles. The molecule has 1 heterocycles. The summed E-state index contributed by atoms with van der Waals surface area (Å²) in [7, 11) is 1.77. The number of benzene rings is 1. The Kier molecular flexibility index (Phi) is 5.13. The molecule has 1 aromatic heterocycles. The number of nitrogens with zero attached hydrogens (tertiary/aromatic N) is 4. The van der Waals surface area contributed by atoms with Gasteiger partial charge >= 0.3 is 0 Å². The molecular formula is C17H23FN4O. The number of halogens is 1. The first kappa shape index (κ1) is 17.1. The lowest BCUT2D eigenvalue weighted by atomic mass is 10.0. The quantitative estimate of drug-likeness (QED) is 0.850. The summed E-state index contributed by atoms with van der Waals surface area (Å²) in [4.78, 5) is 18.5. The minimum atomic E-state index is -0.315. The van der Waals surface area contributed by atoms with E-state index in [1.807, 2.05) is 6.92 Å². The fraction of sp³-hybridized carbons (Fsp3) is 0.471. The van der Waals surface area contributed by atoms with Gasteiger partial charge < -0.3 is 4.90 Å². The Labute approximate surface area is 136 Å². The Hall–Kier alpha value is -2.24. The predicted molar refractivity (Wildman–Crippen MR) is 87.1 cm³/mol. The van der Waals surface area contributed by atoms with Gasteiger partial charge in [0.05, 0.1) is 5.69 Å². The second-order valence-electron chi connectivity index (χ2n) is 6.27. The number of aromatic nitrogens is 3. The Morgan fingerprint density at radius 1 is 1.26 bits per heavy atom. The Morgan fingerprint density at radius 3 is 2.43 bits per heavy atom. The van der Waals surface area contributed by atoms with Crippen LogP contribution in [0.3, 0.4) is 0 Å². The van der Waals surface area contributed by atoms with Crippen LogP contribution in [0.15, 0.2) is 24.3 Å². The summed E-state index contributed by atoms with van der Waals surface area (Å²) in [5, 5.41) is 4.28. The molecule has 0 radical (unpaired) electrons. The van der Waals surface area contributed by atoms with E-state index in [0.717, 1.165) is 6.42 Å². The second kappa shape index (κ2) is 6.89. The van der Waals surface area contributed by atoms with Crippen LogP contribution in [0, 0.1) is 18.7 Å². The zero-order chi connectivity index (χ0) is 17.1. The van der Waals surface area contributed by atoms with Gasteiger partial charge in [0.25, 0.3) is 5.91 Å². The van der Waals surface area contributed by atoms with E-state index in [4.69, 9.17) is 0 Å². The van der Waals surface area contributed by atoms with Gasteiger partial charge in [-0.15, -0.1) is 5.10 Å². The maximum atomic E-state index is 13.0. The van der Waals surface area contributed by atoms with Crippen LogP contribution in [0.4, 0.5) is 4.39 Å². The molecule has 23 heavy (non-hydrogen) atoms. The van der Waals surface area contributed by atoms with Crippen molar-refractivity contribution >= 4 is 5.91 Å². The van der Waals surface area contributed by atoms with Gasteiger partial charge in [-0.1, -0.05) is 13.8 Å². The average molecular weight is 318 g/mol. The number of carbonyl (C=O) groups is 1. The lowest BCUT2D eigenvalue weighted by molar-refractivity contribution is 0.0716. The van der Waals surface area contributed by atoms with E-state index in [-0.39, 0.29) is 23.6 Å². The van der Waals surface area contributed by atoms with E-state index >= 15 is 0 Å². The van der Waals surface area contributed by atoms with E-state index in [0.29, 0.717) is 17.4 Å². The molecule has 0 spiro atoms. The van der Waals surface area contributed by atoms with Crippen LogP contribution in [-0.4, -0.2) is 38.7 Å².